The fourth-order valence-corrected chi connectivity index (χ4v) is 2.93. The third kappa shape index (κ3) is 2.31. The fraction of sp³-hybridized carbons (Fsp3) is 0.294. The molecule has 2 N–H and O–H groups in total. The molecule has 0 amide bonds. The van der Waals surface area contributed by atoms with Crippen LogP contribution in [0.3, 0.4) is 0 Å². The highest BCUT2D eigenvalue weighted by Crippen LogP contribution is 2.33. The molecule has 2 aromatic rings. The zero-order valence-electron chi connectivity index (χ0n) is 11.8. The normalized spacial score (nSPS) is 13.9. The summed E-state index contributed by atoms with van der Waals surface area (Å²) < 4.78 is 5.45. The van der Waals surface area contributed by atoms with Crippen LogP contribution in [0.4, 0.5) is 11.4 Å². The van der Waals surface area contributed by atoms with E-state index in [1.165, 1.54) is 16.8 Å². The molecular weight excluding hydrogens is 248 g/mol. The SMILES string of the molecule is COc1ccccc1CN1CCCc2c(N)cccc21. The van der Waals surface area contributed by atoms with Crippen LogP contribution in [0.1, 0.15) is 17.5 Å². The van der Waals surface area contributed by atoms with Crippen LogP contribution in [0.5, 0.6) is 5.75 Å². The van der Waals surface area contributed by atoms with Gasteiger partial charge in [-0.05, 0) is 36.6 Å². The molecule has 104 valence electrons. The molecule has 3 heteroatoms. The number of ether oxygens (including phenoxy) is 1. The van der Waals surface area contributed by atoms with Gasteiger partial charge >= 0.3 is 0 Å². The Morgan fingerprint density at radius 1 is 1.15 bits per heavy atom. The van der Waals surface area contributed by atoms with Crippen LogP contribution >= 0.6 is 0 Å². The number of benzene rings is 2. The van der Waals surface area contributed by atoms with Gasteiger partial charge in [-0.15, -0.1) is 0 Å². The Hall–Kier alpha value is -2.16. The van der Waals surface area contributed by atoms with E-state index in [9.17, 15) is 0 Å². The van der Waals surface area contributed by atoms with Crippen molar-refractivity contribution in [3.8, 4) is 5.75 Å². The maximum Gasteiger partial charge on any atom is 0.123 e. The number of nitrogens with two attached hydrogens (primary N) is 1. The summed E-state index contributed by atoms with van der Waals surface area (Å²) in [5.74, 6) is 0.948. The number of rotatable bonds is 3. The lowest BCUT2D eigenvalue weighted by Gasteiger charge is -2.32. The number of fused-ring (bicyclic) bond motifs is 1. The molecule has 0 unspecified atom stereocenters. The first-order valence-electron chi connectivity index (χ1n) is 7.04. The van der Waals surface area contributed by atoms with Gasteiger partial charge in [0.15, 0.2) is 0 Å². The van der Waals surface area contributed by atoms with Crippen molar-refractivity contribution in [2.45, 2.75) is 19.4 Å². The number of nitrogens with zero attached hydrogens (tertiary/aromatic N) is 1. The van der Waals surface area contributed by atoms with Gasteiger partial charge in [-0.2, -0.15) is 0 Å². The van der Waals surface area contributed by atoms with Crippen molar-refractivity contribution >= 4 is 11.4 Å². The minimum atomic E-state index is 0.862. The lowest BCUT2D eigenvalue weighted by Crippen LogP contribution is -2.29. The van der Waals surface area contributed by atoms with Crippen LogP contribution in [0.15, 0.2) is 42.5 Å². The Labute approximate surface area is 120 Å². The molecule has 3 rings (SSSR count). The van der Waals surface area contributed by atoms with Crippen LogP contribution < -0.4 is 15.4 Å². The number of nitrogen functional groups attached to an aromatic ring is 1. The van der Waals surface area contributed by atoms with Gasteiger partial charge in [0, 0.05) is 30.0 Å². The van der Waals surface area contributed by atoms with Gasteiger partial charge in [-0.3, -0.25) is 0 Å². The van der Waals surface area contributed by atoms with E-state index < -0.39 is 0 Å². The first-order valence-corrected chi connectivity index (χ1v) is 7.04. The first kappa shape index (κ1) is 12.9. The van der Waals surface area contributed by atoms with Gasteiger partial charge in [0.2, 0.25) is 0 Å². The molecule has 1 aliphatic heterocycles. The summed E-state index contributed by atoms with van der Waals surface area (Å²) in [5.41, 5.74) is 10.8. The summed E-state index contributed by atoms with van der Waals surface area (Å²) >= 11 is 0. The fourth-order valence-electron chi connectivity index (χ4n) is 2.93. The highest BCUT2D eigenvalue weighted by Gasteiger charge is 2.19. The Balaban J connectivity index is 1.92. The lowest BCUT2D eigenvalue weighted by molar-refractivity contribution is 0.409. The van der Waals surface area contributed by atoms with Gasteiger partial charge in [-0.1, -0.05) is 24.3 Å². The summed E-state index contributed by atoms with van der Waals surface area (Å²) in [6.07, 6.45) is 2.22. The van der Waals surface area contributed by atoms with Crippen molar-refractivity contribution in [2.75, 3.05) is 24.3 Å². The monoisotopic (exact) mass is 268 g/mol. The number of para-hydroxylation sites is 1. The summed E-state index contributed by atoms with van der Waals surface area (Å²) in [4.78, 5) is 2.40. The van der Waals surface area contributed by atoms with Gasteiger partial charge in [0.1, 0.15) is 5.75 Å². The van der Waals surface area contributed by atoms with Crippen molar-refractivity contribution in [1.29, 1.82) is 0 Å². The molecule has 1 aliphatic rings. The zero-order valence-corrected chi connectivity index (χ0v) is 11.8. The quantitative estimate of drug-likeness (QED) is 0.869. The number of hydrogen-bond donors (Lipinski definition) is 1. The Morgan fingerprint density at radius 3 is 2.85 bits per heavy atom. The maximum atomic E-state index is 6.10. The van der Waals surface area contributed by atoms with Crippen LogP contribution in [0, 0.1) is 0 Å². The van der Waals surface area contributed by atoms with Gasteiger partial charge < -0.3 is 15.4 Å². The van der Waals surface area contributed by atoms with E-state index in [1.54, 1.807) is 7.11 Å². The average molecular weight is 268 g/mol. The van der Waals surface area contributed by atoms with Crippen molar-refractivity contribution < 1.29 is 4.74 Å². The predicted octanol–water partition coefficient (Wildman–Crippen LogP) is 3.23. The molecule has 0 aromatic heterocycles. The summed E-state index contributed by atoms with van der Waals surface area (Å²) in [7, 11) is 1.72. The predicted molar refractivity (Wildman–Crippen MR) is 83.2 cm³/mol. The topological polar surface area (TPSA) is 38.5 Å². The molecule has 1 heterocycles. The van der Waals surface area contributed by atoms with Crippen LogP contribution in [0.2, 0.25) is 0 Å². The van der Waals surface area contributed by atoms with E-state index in [1.807, 2.05) is 24.3 Å². The molecule has 0 saturated heterocycles. The van der Waals surface area contributed by atoms with E-state index in [4.69, 9.17) is 10.5 Å². The maximum absolute atomic E-state index is 6.10. The average Bonchev–Trinajstić information content (AvgIpc) is 2.49. The molecule has 2 aromatic carbocycles. The van der Waals surface area contributed by atoms with Gasteiger partial charge in [-0.25, -0.2) is 0 Å². The third-order valence-corrected chi connectivity index (χ3v) is 3.94. The van der Waals surface area contributed by atoms with Gasteiger partial charge in [0.05, 0.1) is 7.11 Å². The molecule has 20 heavy (non-hydrogen) atoms. The largest absolute Gasteiger partial charge is 0.496 e. The number of anilines is 2. The number of hydrogen-bond acceptors (Lipinski definition) is 3. The Kier molecular flexibility index (Phi) is 3.50. The summed E-state index contributed by atoms with van der Waals surface area (Å²) in [6.45, 7) is 1.93. The van der Waals surface area contributed by atoms with E-state index >= 15 is 0 Å². The van der Waals surface area contributed by atoms with E-state index in [2.05, 4.69) is 23.1 Å². The molecular formula is C17H20N2O. The first-order chi connectivity index (χ1) is 9.79. The summed E-state index contributed by atoms with van der Waals surface area (Å²) in [6, 6.07) is 14.4. The molecule has 3 nitrogen and oxygen atoms in total. The second kappa shape index (κ2) is 5.45. The van der Waals surface area contributed by atoms with Crippen molar-refractivity contribution in [3.05, 3.63) is 53.6 Å². The molecule has 0 aliphatic carbocycles. The molecule has 0 spiro atoms. The van der Waals surface area contributed by atoms with Gasteiger partial charge in [0.25, 0.3) is 0 Å². The Bertz CT molecular complexity index is 610. The van der Waals surface area contributed by atoms with E-state index in [0.717, 1.165) is 37.4 Å². The lowest BCUT2D eigenvalue weighted by atomic mass is 9.99. The van der Waals surface area contributed by atoms with Crippen molar-refractivity contribution in [1.82, 2.24) is 0 Å². The van der Waals surface area contributed by atoms with Crippen molar-refractivity contribution in [3.63, 3.8) is 0 Å². The molecule has 0 saturated carbocycles. The molecule has 0 radical (unpaired) electrons. The molecule has 0 bridgehead atoms. The summed E-state index contributed by atoms with van der Waals surface area (Å²) in [5, 5.41) is 0. The van der Waals surface area contributed by atoms with Crippen LogP contribution in [-0.4, -0.2) is 13.7 Å². The smallest absolute Gasteiger partial charge is 0.123 e. The van der Waals surface area contributed by atoms with E-state index in [0.29, 0.717) is 0 Å². The van der Waals surface area contributed by atoms with Crippen LogP contribution in [-0.2, 0) is 13.0 Å². The second-order valence-corrected chi connectivity index (χ2v) is 5.18. The minimum absolute atomic E-state index is 0.862. The van der Waals surface area contributed by atoms with E-state index in [-0.39, 0.29) is 0 Å². The Morgan fingerprint density at radius 2 is 2.00 bits per heavy atom. The highest BCUT2D eigenvalue weighted by molar-refractivity contribution is 5.66. The number of methoxy groups -OCH3 is 1. The molecule has 0 fully saturated rings. The third-order valence-electron chi connectivity index (χ3n) is 3.94. The second-order valence-electron chi connectivity index (χ2n) is 5.18. The zero-order chi connectivity index (χ0) is 13.9. The van der Waals surface area contributed by atoms with Crippen molar-refractivity contribution in [2.24, 2.45) is 0 Å². The highest BCUT2D eigenvalue weighted by atomic mass is 16.5. The standard InChI is InChI=1S/C17H20N2O/c1-20-17-10-3-2-6-13(17)12-19-11-5-7-14-15(18)8-4-9-16(14)19/h2-4,6,8-10H,5,7,11-12,18H2,1H3. The molecule has 0 atom stereocenters. The van der Waals surface area contributed by atoms with Crippen LogP contribution in [0.25, 0.3) is 0 Å². The minimum Gasteiger partial charge on any atom is -0.496 e.